The molecule has 4 heteroatoms. The largest absolute Gasteiger partial charge is 0.495 e. The first kappa shape index (κ1) is 13.9. The van der Waals surface area contributed by atoms with E-state index in [1.165, 1.54) is 11.3 Å². The molecule has 1 heterocycles. The van der Waals surface area contributed by atoms with Crippen LogP contribution in [-0.4, -0.2) is 18.8 Å². The van der Waals surface area contributed by atoms with E-state index in [0.717, 1.165) is 22.6 Å². The van der Waals surface area contributed by atoms with E-state index in [1.54, 1.807) is 7.11 Å². The summed E-state index contributed by atoms with van der Waals surface area (Å²) in [5.74, 6) is 1.44. The second-order valence-electron chi connectivity index (χ2n) is 4.14. The van der Waals surface area contributed by atoms with Gasteiger partial charge in [-0.1, -0.05) is 25.1 Å². The highest BCUT2D eigenvalue weighted by Crippen LogP contribution is 2.37. The Labute approximate surface area is 117 Å². The van der Waals surface area contributed by atoms with Crippen molar-refractivity contribution in [3.63, 3.8) is 0 Å². The van der Waals surface area contributed by atoms with Crippen molar-refractivity contribution in [3.8, 4) is 11.5 Å². The molecule has 0 aliphatic carbocycles. The highest BCUT2D eigenvalue weighted by molar-refractivity contribution is 7.10. The molecular weight excluding hydrogens is 260 g/mol. The van der Waals surface area contributed by atoms with Crippen LogP contribution in [0.15, 0.2) is 35.7 Å². The van der Waals surface area contributed by atoms with Gasteiger partial charge in [0.25, 0.3) is 0 Å². The summed E-state index contributed by atoms with van der Waals surface area (Å²) >= 11 is 1.48. The maximum Gasteiger partial charge on any atom is 0.135 e. The van der Waals surface area contributed by atoms with Gasteiger partial charge in [0.05, 0.1) is 18.6 Å². The summed E-state index contributed by atoms with van der Waals surface area (Å²) in [6.45, 7) is 2.70. The lowest BCUT2D eigenvalue weighted by Crippen LogP contribution is -2.04. The van der Waals surface area contributed by atoms with Crippen LogP contribution in [0.1, 0.15) is 29.9 Å². The molecule has 0 aliphatic heterocycles. The molecule has 0 spiro atoms. The SMILES string of the molecule is CCCOc1ccccc1C(O)c1sccc1OC. The molecule has 19 heavy (non-hydrogen) atoms. The Bertz CT molecular complexity index is 522. The fourth-order valence-electron chi connectivity index (χ4n) is 1.87. The highest BCUT2D eigenvalue weighted by Gasteiger charge is 2.20. The first-order chi connectivity index (χ1) is 9.27. The van der Waals surface area contributed by atoms with E-state index in [2.05, 4.69) is 6.92 Å². The molecule has 0 saturated carbocycles. The normalized spacial score (nSPS) is 12.2. The van der Waals surface area contributed by atoms with E-state index < -0.39 is 6.10 Å². The van der Waals surface area contributed by atoms with Crippen LogP contribution < -0.4 is 9.47 Å². The summed E-state index contributed by atoms with van der Waals surface area (Å²) in [5, 5.41) is 12.4. The third-order valence-electron chi connectivity index (χ3n) is 2.80. The molecule has 0 saturated heterocycles. The van der Waals surface area contributed by atoms with Crippen molar-refractivity contribution in [3.05, 3.63) is 46.2 Å². The minimum atomic E-state index is -0.719. The third kappa shape index (κ3) is 3.08. The Balaban J connectivity index is 2.30. The van der Waals surface area contributed by atoms with Crippen LogP contribution in [0, 0.1) is 0 Å². The molecule has 3 nitrogen and oxygen atoms in total. The lowest BCUT2D eigenvalue weighted by molar-refractivity contribution is 0.210. The van der Waals surface area contributed by atoms with E-state index in [9.17, 15) is 5.11 Å². The summed E-state index contributed by atoms with van der Waals surface area (Å²) in [7, 11) is 1.61. The van der Waals surface area contributed by atoms with E-state index >= 15 is 0 Å². The van der Waals surface area contributed by atoms with Crippen molar-refractivity contribution in [2.45, 2.75) is 19.4 Å². The Morgan fingerprint density at radius 1 is 1.21 bits per heavy atom. The number of aliphatic hydroxyl groups excluding tert-OH is 1. The molecule has 2 rings (SSSR count). The second-order valence-corrected chi connectivity index (χ2v) is 5.09. The van der Waals surface area contributed by atoms with Gasteiger partial charge in [0.15, 0.2) is 0 Å². The summed E-state index contributed by atoms with van der Waals surface area (Å²) in [5.41, 5.74) is 0.775. The molecule has 1 N–H and O–H groups in total. The quantitative estimate of drug-likeness (QED) is 0.877. The Kier molecular flexibility index (Phi) is 4.82. The van der Waals surface area contributed by atoms with E-state index in [0.29, 0.717) is 12.4 Å². The minimum absolute atomic E-state index is 0.644. The monoisotopic (exact) mass is 278 g/mol. The van der Waals surface area contributed by atoms with Gasteiger partial charge in [-0.2, -0.15) is 0 Å². The molecule has 1 unspecified atom stereocenters. The zero-order valence-electron chi connectivity index (χ0n) is 11.1. The number of hydrogen-bond donors (Lipinski definition) is 1. The average Bonchev–Trinajstić information content (AvgIpc) is 2.93. The molecule has 102 valence electrons. The van der Waals surface area contributed by atoms with Crippen molar-refractivity contribution >= 4 is 11.3 Å². The second kappa shape index (κ2) is 6.59. The minimum Gasteiger partial charge on any atom is -0.495 e. The van der Waals surface area contributed by atoms with Crippen LogP contribution in [0.4, 0.5) is 0 Å². The number of ether oxygens (including phenoxy) is 2. The van der Waals surface area contributed by atoms with Crippen LogP contribution in [0.5, 0.6) is 11.5 Å². The van der Waals surface area contributed by atoms with E-state index in [4.69, 9.17) is 9.47 Å². The predicted octanol–water partition coefficient (Wildman–Crippen LogP) is 3.63. The van der Waals surface area contributed by atoms with Gasteiger partial charge < -0.3 is 14.6 Å². The molecule has 0 amide bonds. The molecule has 0 bridgehead atoms. The topological polar surface area (TPSA) is 38.7 Å². The number of para-hydroxylation sites is 1. The van der Waals surface area contributed by atoms with E-state index in [-0.39, 0.29) is 0 Å². The molecular formula is C15H18O3S. The van der Waals surface area contributed by atoms with Crippen molar-refractivity contribution in [2.24, 2.45) is 0 Å². The Morgan fingerprint density at radius 3 is 2.74 bits per heavy atom. The maximum atomic E-state index is 10.5. The summed E-state index contributed by atoms with van der Waals surface area (Å²) in [6, 6.07) is 9.44. The molecule has 0 fully saturated rings. The van der Waals surface area contributed by atoms with Gasteiger partial charge in [0.2, 0.25) is 0 Å². The first-order valence-electron chi connectivity index (χ1n) is 6.29. The van der Waals surface area contributed by atoms with Crippen molar-refractivity contribution in [2.75, 3.05) is 13.7 Å². The van der Waals surface area contributed by atoms with Gasteiger partial charge in [-0.3, -0.25) is 0 Å². The number of benzene rings is 1. The number of aliphatic hydroxyl groups is 1. The summed E-state index contributed by atoms with van der Waals surface area (Å²) in [4.78, 5) is 0.801. The smallest absolute Gasteiger partial charge is 0.135 e. The zero-order chi connectivity index (χ0) is 13.7. The number of rotatable bonds is 6. The number of thiophene rings is 1. The first-order valence-corrected chi connectivity index (χ1v) is 7.17. The fourth-order valence-corrected chi connectivity index (χ4v) is 2.73. The standard InChI is InChI=1S/C15H18O3S/c1-3-9-18-12-7-5-4-6-11(12)14(16)15-13(17-2)8-10-19-15/h4-8,10,14,16H,3,9H2,1-2H3. The van der Waals surface area contributed by atoms with Crippen molar-refractivity contribution in [1.82, 2.24) is 0 Å². The number of hydrogen-bond acceptors (Lipinski definition) is 4. The molecule has 1 atom stereocenters. The molecule has 0 radical (unpaired) electrons. The highest BCUT2D eigenvalue weighted by atomic mass is 32.1. The molecule has 1 aromatic heterocycles. The average molecular weight is 278 g/mol. The Hall–Kier alpha value is -1.52. The van der Waals surface area contributed by atoms with Crippen molar-refractivity contribution < 1.29 is 14.6 Å². The van der Waals surface area contributed by atoms with Gasteiger partial charge in [-0.05, 0) is 23.9 Å². The van der Waals surface area contributed by atoms with Crippen LogP contribution in [-0.2, 0) is 0 Å². The van der Waals surface area contributed by atoms with Crippen LogP contribution >= 0.6 is 11.3 Å². The lowest BCUT2D eigenvalue weighted by Gasteiger charge is -2.16. The van der Waals surface area contributed by atoms with Gasteiger partial charge >= 0.3 is 0 Å². The lowest BCUT2D eigenvalue weighted by atomic mass is 10.1. The summed E-state index contributed by atoms with van der Waals surface area (Å²) in [6.07, 6.45) is 0.218. The van der Waals surface area contributed by atoms with E-state index in [1.807, 2.05) is 35.7 Å². The van der Waals surface area contributed by atoms with Gasteiger partial charge in [0.1, 0.15) is 17.6 Å². The predicted molar refractivity (Wildman–Crippen MR) is 77.2 cm³/mol. The Morgan fingerprint density at radius 2 is 2.00 bits per heavy atom. The van der Waals surface area contributed by atoms with Crippen molar-refractivity contribution in [1.29, 1.82) is 0 Å². The number of methoxy groups -OCH3 is 1. The maximum absolute atomic E-state index is 10.5. The molecule has 2 aromatic rings. The van der Waals surface area contributed by atoms with Crippen LogP contribution in [0.3, 0.4) is 0 Å². The molecule has 1 aromatic carbocycles. The third-order valence-corrected chi connectivity index (χ3v) is 3.75. The van der Waals surface area contributed by atoms with Crippen LogP contribution in [0.25, 0.3) is 0 Å². The summed E-state index contributed by atoms with van der Waals surface area (Å²) < 4.78 is 10.9. The van der Waals surface area contributed by atoms with Crippen LogP contribution in [0.2, 0.25) is 0 Å². The fraction of sp³-hybridized carbons (Fsp3) is 0.333. The van der Waals surface area contributed by atoms with Gasteiger partial charge in [0, 0.05) is 5.56 Å². The van der Waals surface area contributed by atoms with Gasteiger partial charge in [-0.25, -0.2) is 0 Å². The zero-order valence-corrected chi connectivity index (χ0v) is 11.9. The molecule has 0 aliphatic rings. The van der Waals surface area contributed by atoms with Gasteiger partial charge in [-0.15, -0.1) is 11.3 Å².